The zero-order chi connectivity index (χ0) is 25.1. The molecule has 4 atom stereocenters. The first-order valence-corrected chi connectivity index (χ1v) is 13.5. The van der Waals surface area contributed by atoms with Crippen LogP contribution in [0.2, 0.25) is 0 Å². The Morgan fingerprint density at radius 2 is 1.91 bits per heavy atom. The van der Waals surface area contributed by atoms with E-state index in [-0.39, 0.29) is 29.8 Å². The number of carbonyl (C=O) groups excluding carboxylic acids is 2. The SMILES string of the molecule is CC[C@H](C)[C@H](NC(=O)[C@H](C)NC)C(=O)N1CCC[C@H]1c1nc(-c2ccc(C)c3ccccc23)cs1. The minimum atomic E-state index is -0.538. The summed E-state index contributed by atoms with van der Waals surface area (Å²) < 4.78 is 0. The predicted octanol–water partition coefficient (Wildman–Crippen LogP) is 5.07. The number of nitrogens with one attached hydrogen (secondary N) is 2. The number of aromatic nitrogens is 1. The first-order chi connectivity index (χ1) is 16.8. The van der Waals surface area contributed by atoms with E-state index in [1.165, 1.54) is 16.3 Å². The number of aryl methyl sites for hydroxylation is 1. The Labute approximate surface area is 212 Å². The quantitative estimate of drug-likeness (QED) is 0.460. The van der Waals surface area contributed by atoms with E-state index >= 15 is 0 Å². The molecule has 6 nitrogen and oxygen atoms in total. The third kappa shape index (κ3) is 5.11. The number of thiazole rings is 1. The van der Waals surface area contributed by atoms with Crippen LogP contribution < -0.4 is 10.6 Å². The second-order valence-corrected chi connectivity index (χ2v) is 10.5. The summed E-state index contributed by atoms with van der Waals surface area (Å²) in [6.45, 7) is 8.71. The number of benzene rings is 2. The molecule has 2 aromatic carbocycles. The largest absolute Gasteiger partial charge is 0.343 e. The standard InChI is InChI=1S/C28H36N4O2S/c1-6-17(2)25(31-26(33)19(4)29-5)28(34)32-15-9-12-24(32)27-30-23(16-35-27)22-14-13-18(3)20-10-7-8-11-21(20)22/h7-8,10-11,13-14,16-17,19,24-25,29H,6,9,12,15H2,1-5H3,(H,31,33)/t17-,19-,24-,25-/m0/s1. The average Bonchev–Trinajstić information content (AvgIpc) is 3.56. The monoisotopic (exact) mass is 492 g/mol. The van der Waals surface area contributed by atoms with Gasteiger partial charge in [0.15, 0.2) is 0 Å². The smallest absolute Gasteiger partial charge is 0.246 e. The Morgan fingerprint density at radius 3 is 2.63 bits per heavy atom. The van der Waals surface area contributed by atoms with Gasteiger partial charge in [-0.1, -0.05) is 56.7 Å². The first kappa shape index (κ1) is 25.3. The zero-order valence-corrected chi connectivity index (χ0v) is 22.1. The Morgan fingerprint density at radius 1 is 1.17 bits per heavy atom. The van der Waals surface area contributed by atoms with Gasteiger partial charge >= 0.3 is 0 Å². The molecule has 2 N–H and O–H groups in total. The lowest BCUT2D eigenvalue weighted by Crippen LogP contribution is -2.54. The molecule has 0 radical (unpaired) electrons. The van der Waals surface area contributed by atoms with Crippen LogP contribution in [0.4, 0.5) is 0 Å². The Balaban J connectivity index is 1.60. The van der Waals surface area contributed by atoms with Gasteiger partial charge in [0.2, 0.25) is 11.8 Å². The molecule has 4 rings (SSSR count). The van der Waals surface area contributed by atoms with Crippen molar-refractivity contribution >= 4 is 33.9 Å². The van der Waals surface area contributed by atoms with Crippen LogP contribution >= 0.6 is 11.3 Å². The fraction of sp³-hybridized carbons (Fsp3) is 0.464. The van der Waals surface area contributed by atoms with E-state index in [1.54, 1.807) is 25.3 Å². The van der Waals surface area contributed by atoms with Gasteiger partial charge in [0, 0.05) is 17.5 Å². The molecule has 2 amide bonds. The van der Waals surface area contributed by atoms with Crippen LogP contribution in [0.15, 0.2) is 41.8 Å². The van der Waals surface area contributed by atoms with E-state index in [4.69, 9.17) is 4.98 Å². The minimum absolute atomic E-state index is 0.00367. The molecule has 1 fully saturated rings. The molecule has 0 spiro atoms. The molecule has 35 heavy (non-hydrogen) atoms. The van der Waals surface area contributed by atoms with E-state index < -0.39 is 6.04 Å². The fourth-order valence-electron chi connectivity index (χ4n) is 4.80. The zero-order valence-electron chi connectivity index (χ0n) is 21.3. The maximum atomic E-state index is 13.7. The number of amides is 2. The number of carbonyl (C=O) groups is 2. The molecular weight excluding hydrogens is 456 g/mol. The molecule has 186 valence electrons. The van der Waals surface area contributed by atoms with Crippen LogP contribution in [-0.2, 0) is 9.59 Å². The second kappa shape index (κ2) is 10.9. The highest BCUT2D eigenvalue weighted by molar-refractivity contribution is 7.10. The topological polar surface area (TPSA) is 74.3 Å². The minimum Gasteiger partial charge on any atom is -0.343 e. The summed E-state index contributed by atoms with van der Waals surface area (Å²) in [5.74, 6) is -0.108. The second-order valence-electron chi connectivity index (χ2n) is 9.62. The van der Waals surface area contributed by atoms with Crippen molar-refractivity contribution in [3.05, 3.63) is 52.3 Å². The average molecular weight is 493 g/mol. The van der Waals surface area contributed by atoms with E-state index in [0.717, 1.165) is 35.5 Å². The number of nitrogens with zero attached hydrogens (tertiary/aromatic N) is 2. The summed E-state index contributed by atoms with van der Waals surface area (Å²) in [6.07, 6.45) is 2.64. The van der Waals surface area contributed by atoms with E-state index in [0.29, 0.717) is 6.54 Å². The maximum Gasteiger partial charge on any atom is 0.246 e. The van der Waals surface area contributed by atoms with Crippen molar-refractivity contribution in [3.8, 4) is 11.3 Å². The number of hydrogen-bond acceptors (Lipinski definition) is 5. The third-order valence-corrected chi connectivity index (χ3v) is 8.31. The normalized spacial score (nSPS) is 18.4. The van der Waals surface area contributed by atoms with Gasteiger partial charge in [0.1, 0.15) is 11.0 Å². The fourth-order valence-corrected chi connectivity index (χ4v) is 5.76. The van der Waals surface area contributed by atoms with Crippen molar-refractivity contribution in [2.75, 3.05) is 13.6 Å². The highest BCUT2D eigenvalue weighted by Gasteiger charge is 2.38. The van der Waals surface area contributed by atoms with Crippen LogP contribution in [0.5, 0.6) is 0 Å². The van der Waals surface area contributed by atoms with E-state index in [1.807, 2.05) is 11.8 Å². The number of likely N-dealkylation sites (N-methyl/N-ethyl adjacent to an activating group) is 1. The summed E-state index contributed by atoms with van der Waals surface area (Å²) in [5, 5.41) is 11.5. The molecule has 1 aliphatic rings. The molecule has 1 aromatic heterocycles. The van der Waals surface area contributed by atoms with Crippen LogP contribution in [0.3, 0.4) is 0 Å². The van der Waals surface area contributed by atoms with Crippen molar-refractivity contribution in [1.29, 1.82) is 0 Å². The molecule has 1 aliphatic heterocycles. The molecule has 0 unspecified atom stereocenters. The van der Waals surface area contributed by atoms with Gasteiger partial charge in [-0.2, -0.15) is 0 Å². The van der Waals surface area contributed by atoms with Gasteiger partial charge < -0.3 is 15.5 Å². The predicted molar refractivity (Wildman–Crippen MR) is 143 cm³/mol. The summed E-state index contributed by atoms with van der Waals surface area (Å²) in [7, 11) is 1.75. The molecule has 3 aromatic rings. The summed E-state index contributed by atoms with van der Waals surface area (Å²) in [4.78, 5) is 33.3. The lowest BCUT2D eigenvalue weighted by Gasteiger charge is -2.31. The van der Waals surface area contributed by atoms with Crippen molar-refractivity contribution in [2.45, 2.75) is 65.1 Å². The van der Waals surface area contributed by atoms with Crippen LogP contribution in [0.1, 0.15) is 56.6 Å². The number of likely N-dealkylation sites (tertiary alicyclic amines) is 1. The molecule has 2 heterocycles. The highest BCUT2D eigenvalue weighted by Crippen LogP contribution is 2.38. The number of rotatable bonds is 8. The van der Waals surface area contributed by atoms with Gasteiger partial charge in [0.25, 0.3) is 0 Å². The first-order valence-electron chi connectivity index (χ1n) is 12.6. The van der Waals surface area contributed by atoms with E-state index in [9.17, 15) is 9.59 Å². The van der Waals surface area contributed by atoms with Crippen LogP contribution in [0.25, 0.3) is 22.0 Å². The Hall–Kier alpha value is -2.77. The molecule has 0 saturated carbocycles. The Kier molecular flexibility index (Phi) is 7.87. The molecular formula is C28H36N4O2S. The van der Waals surface area contributed by atoms with Crippen molar-refractivity contribution in [2.24, 2.45) is 5.92 Å². The summed E-state index contributed by atoms with van der Waals surface area (Å²) in [6, 6.07) is 11.8. The third-order valence-electron chi connectivity index (χ3n) is 7.36. The number of fused-ring (bicyclic) bond motifs is 1. The summed E-state index contributed by atoms with van der Waals surface area (Å²) >= 11 is 1.62. The molecule has 0 bridgehead atoms. The molecule has 1 saturated heterocycles. The summed E-state index contributed by atoms with van der Waals surface area (Å²) in [5.41, 5.74) is 3.32. The van der Waals surface area contributed by atoms with Crippen molar-refractivity contribution < 1.29 is 9.59 Å². The lowest BCUT2D eigenvalue weighted by atomic mass is 9.97. The van der Waals surface area contributed by atoms with Crippen LogP contribution in [-0.4, -0.2) is 47.4 Å². The molecule has 7 heteroatoms. The van der Waals surface area contributed by atoms with Crippen molar-refractivity contribution in [3.63, 3.8) is 0 Å². The highest BCUT2D eigenvalue weighted by atomic mass is 32.1. The van der Waals surface area contributed by atoms with Crippen LogP contribution in [0, 0.1) is 12.8 Å². The van der Waals surface area contributed by atoms with E-state index in [2.05, 4.69) is 66.3 Å². The van der Waals surface area contributed by atoms with Crippen molar-refractivity contribution in [1.82, 2.24) is 20.5 Å². The van der Waals surface area contributed by atoms with Gasteiger partial charge in [-0.15, -0.1) is 11.3 Å². The van der Waals surface area contributed by atoms with Gasteiger partial charge in [-0.3, -0.25) is 9.59 Å². The van der Waals surface area contributed by atoms with Gasteiger partial charge in [0.05, 0.1) is 17.8 Å². The Bertz CT molecular complexity index is 1210. The lowest BCUT2D eigenvalue weighted by molar-refractivity contribution is -0.139. The number of hydrogen-bond donors (Lipinski definition) is 2. The molecule has 0 aliphatic carbocycles. The van der Waals surface area contributed by atoms with Gasteiger partial charge in [-0.05, 0) is 56.0 Å². The van der Waals surface area contributed by atoms with Gasteiger partial charge in [-0.25, -0.2) is 4.98 Å². The maximum absolute atomic E-state index is 13.7.